The molecule has 8 nitrogen and oxygen atoms in total. The highest BCUT2D eigenvalue weighted by Crippen LogP contribution is 2.32. The van der Waals surface area contributed by atoms with Gasteiger partial charge in [-0.05, 0) is 53.0 Å². The molecule has 1 saturated heterocycles. The molecule has 2 amide bonds. The maximum atomic E-state index is 12.8. The first-order chi connectivity index (χ1) is 15.0. The van der Waals surface area contributed by atoms with E-state index >= 15 is 0 Å². The summed E-state index contributed by atoms with van der Waals surface area (Å²) in [5.41, 5.74) is 2.62. The molecule has 9 heteroatoms. The molecule has 0 aliphatic carbocycles. The molecule has 0 N–H and O–H groups in total. The van der Waals surface area contributed by atoms with Crippen molar-refractivity contribution in [3.63, 3.8) is 0 Å². The Kier molecular flexibility index (Phi) is 4.99. The molecule has 2 aliphatic heterocycles. The number of carbonyl (C=O) groups is 2. The third-order valence-corrected chi connectivity index (χ3v) is 6.04. The maximum absolute atomic E-state index is 12.8. The molecule has 156 valence electrons. The smallest absolute Gasteiger partial charge is 0.270 e. The molecule has 0 saturated carbocycles. The number of aromatic nitrogens is 3. The van der Waals surface area contributed by atoms with E-state index in [-0.39, 0.29) is 11.8 Å². The number of hydrogen-bond acceptors (Lipinski definition) is 5. The highest BCUT2D eigenvalue weighted by atomic mass is 79.9. The Labute approximate surface area is 186 Å². The Hall–Kier alpha value is -3.17. The molecule has 4 heterocycles. The molecule has 31 heavy (non-hydrogen) atoms. The Morgan fingerprint density at radius 2 is 2.06 bits per heavy atom. The van der Waals surface area contributed by atoms with Crippen LogP contribution in [0.1, 0.15) is 24.3 Å². The van der Waals surface area contributed by atoms with Crippen molar-refractivity contribution in [1.29, 1.82) is 0 Å². The number of amides is 2. The van der Waals surface area contributed by atoms with Crippen molar-refractivity contribution in [1.82, 2.24) is 19.7 Å². The van der Waals surface area contributed by atoms with Gasteiger partial charge >= 0.3 is 0 Å². The van der Waals surface area contributed by atoms with E-state index in [1.165, 1.54) is 6.08 Å². The summed E-state index contributed by atoms with van der Waals surface area (Å²) in [6.45, 7) is 2.24. The topological polar surface area (TPSA) is 89.7 Å². The van der Waals surface area contributed by atoms with Crippen LogP contribution in [0.4, 0.5) is 0 Å². The first kappa shape index (κ1) is 19.8. The number of halogens is 1. The van der Waals surface area contributed by atoms with Crippen molar-refractivity contribution < 1.29 is 14.3 Å². The van der Waals surface area contributed by atoms with Gasteiger partial charge in [0.1, 0.15) is 6.10 Å². The maximum Gasteiger partial charge on any atom is 0.270 e. The Morgan fingerprint density at radius 3 is 2.90 bits per heavy atom. The predicted molar refractivity (Wildman–Crippen MR) is 114 cm³/mol. The number of fused-ring (bicyclic) bond motifs is 1. The van der Waals surface area contributed by atoms with Crippen molar-refractivity contribution in [2.24, 2.45) is 4.99 Å². The van der Waals surface area contributed by atoms with Crippen LogP contribution < -0.4 is 10.6 Å². The molecule has 1 fully saturated rings. The molecule has 0 unspecified atom stereocenters. The average molecular weight is 480 g/mol. The Balaban J connectivity index is 1.37. The fourth-order valence-electron chi connectivity index (χ4n) is 3.80. The summed E-state index contributed by atoms with van der Waals surface area (Å²) in [6.07, 6.45) is 8.09. The fourth-order valence-corrected chi connectivity index (χ4v) is 4.21. The highest BCUT2D eigenvalue weighted by Gasteiger charge is 2.39. The molecule has 0 bridgehead atoms. The van der Waals surface area contributed by atoms with Gasteiger partial charge in [-0.25, -0.2) is 9.67 Å². The van der Waals surface area contributed by atoms with Crippen LogP contribution in [0, 0.1) is 0 Å². The normalized spacial score (nSPS) is 20.0. The van der Waals surface area contributed by atoms with Crippen molar-refractivity contribution >= 4 is 33.8 Å². The quantitative estimate of drug-likeness (QED) is 0.552. The van der Waals surface area contributed by atoms with Gasteiger partial charge in [-0.15, -0.1) is 0 Å². The van der Waals surface area contributed by atoms with E-state index in [0.717, 1.165) is 26.5 Å². The Bertz CT molecular complexity index is 1320. The van der Waals surface area contributed by atoms with Crippen LogP contribution in [0.15, 0.2) is 58.5 Å². The number of benzene rings is 1. The van der Waals surface area contributed by atoms with Gasteiger partial charge in [0, 0.05) is 40.3 Å². The molecule has 2 atom stereocenters. The third kappa shape index (κ3) is 3.70. The summed E-state index contributed by atoms with van der Waals surface area (Å²) in [4.78, 5) is 34.1. The van der Waals surface area contributed by atoms with E-state index in [1.807, 2.05) is 30.5 Å². The molecule has 0 radical (unpaired) electrons. The van der Waals surface area contributed by atoms with E-state index in [9.17, 15) is 9.59 Å². The summed E-state index contributed by atoms with van der Waals surface area (Å²) in [5.74, 6) is -0.292. The largest absolute Gasteiger partial charge is 0.341 e. The van der Waals surface area contributed by atoms with E-state index in [4.69, 9.17) is 4.74 Å². The van der Waals surface area contributed by atoms with Gasteiger partial charge < -0.3 is 9.64 Å². The minimum atomic E-state index is -0.525. The van der Waals surface area contributed by atoms with Gasteiger partial charge in [0.25, 0.3) is 11.8 Å². The summed E-state index contributed by atoms with van der Waals surface area (Å²) < 4.78 is 8.53. The number of pyridine rings is 1. The second-order valence-electron chi connectivity index (χ2n) is 7.45. The second kappa shape index (κ2) is 7.82. The molecule has 1 aromatic carbocycles. The second-order valence-corrected chi connectivity index (χ2v) is 8.30. The van der Waals surface area contributed by atoms with E-state index in [1.54, 1.807) is 35.1 Å². The SMILES string of the molecule is C[C@@H]1O[C@@H](c2cnn(-c3cnccc3Br)c2)N(CCc2ccc3c(c2)=CC(=O)N=3)C1=O. The first-order valence-corrected chi connectivity index (χ1v) is 10.6. The van der Waals surface area contributed by atoms with Crippen LogP contribution in [0.25, 0.3) is 11.8 Å². The van der Waals surface area contributed by atoms with E-state index in [0.29, 0.717) is 18.3 Å². The lowest BCUT2D eigenvalue weighted by Crippen LogP contribution is -2.32. The standard InChI is InChI=1S/C22H18BrN5O3/c1-13-21(30)27(7-5-14-2-3-18-15(8-14)9-20(29)26-18)22(31-13)16-10-25-28(12-16)19-11-24-6-4-17(19)23/h2-4,6,8-13,22H,5,7H2,1H3/t13-,22-/m0/s1. The molecular weight excluding hydrogens is 462 g/mol. The number of ether oxygens (including phenoxy) is 1. The van der Waals surface area contributed by atoms with Gasteiger partial charge in [-0.2, -0.15) is 5.10 Å². The zero-order valence-corrected chi connectivity index (χ0v) is 18.2. The van der Waals surface area contributed by atoms with Crippen LogP contribution in [0.3, 0.4) is 0 Å². The van der Waals surface area contributed by atoms with Gasteiger partial charge in [0.05, 0.1) is 23.4 Å². The lowest BCUT2D eigenvalue weighted by molar-refractivity contribution is -0.130. The van der Waals surface area contributed by atoms with Crippen molar-refractivity contribution in [3.05, 3.63) is 75.2 Å². The van der Waals surface area contributed by atoms with Crippen LogP contribution in [-0.4, -0.2) is 44.1 Å². The Morgan fingerprint density at radius 1 is 1.19 bits per heavy atom. The molecule has 2 aliphatic rings. The van der Waals surface area contributed by atoms with Crippen LogP contribution in [-0.2, 0) is 20.7 Å². The fraction of sp³-hybridized carbons (Fsp3) is 0.227. The van der Waals surface area contributed by atoms with Gasteiger partial charge in [-0.1, -0.05) is 6.07 Å². The van der Waals surface area contributed by atoms with E-state index < -0.39 is 12.3 Å². The highest BCUT2D eigenvalue weighted by molar-refractivity contribution is 9.10. The number of carbonyl (C=O) groups excluding carboxylic acids is 2. The number of rotatable bonds is 5. The molecule has 5 rings (SSSR count). The monoisotopic (exact) mass is 479 g/mol. The average Bonchev–Trinajstić information content (AvgIpc) is 3.44. The van der Waals surface area contributed by atoms with Crippen molar-refractivity contribution in [2.45, 2.75) is 25.7 Å². The summed E-state index contributed by atoms with van der Waals surface area (Å²) in [6, 6.07) is 7.56. The molecule has 3 aromatic rings. The van der Waals surface area contributed by atoms with Gasteiger partial charge in [0.15, 0.2) is 6.23 Å². The minimum Gasteiger partial charge on any atom is -0.341 e. The summed E-state index contributed by atoms with van der Waals surface area (Å²) in [7, 11) is 0. The summed E-state index contributed by atoms with van der Waals surface area (Å²) in [5, 5.41) is 5.93. The molecule has 2 aromatic heterocycles. The number of nitrogens with zero attached hydrogens (tertiary/aromatic N) is 5. The lowest BCUT2D eigenvalue weighted by atomic mass is 10.1. The van der Waals surface area contributed by atoms with E-state index in [2.05, 4.69) is 31.0 Å². The third-order valence-electron chi connectivity index (χ3n) is 5.37. The molecule has 0 spiro atoms. The van der Waals surface area contributed by atoms with Crippen LogP contribution in [0.5, 0.6) is 0 Å². The van der Waals surface area contributed by atoms with Crippen LogP contribution >= 0.6 is 15.9 Å². The predicted octanol–water partition coefficient (Wildman–Crippen LogP) is 1.46. The number of hydrogen-bond donors (Lipinski definition) is 0. The zero-order valence-electron chi connectivity index (χ0n) is 16.6. The zero-order chi connectivity index (χ0) is 21.5. The minimum absolute atomic E-state index is 0.0572. The van der Waals surface area contributed by atoms with Crippen molar-refractivity contribution in [2.75, 3.05) is 6.54 Å². The summed E-state index contributed by atoms with van der Waals surface area (Å²) >= 11 is 3.51. The van der Waals surface area contributed by atoms with Gasteiger partial charge in [0.2, 0.25) is 0 Å². The van der Waals surface area contributed by atoms with Gasteiger partial charge in [-0.3, -0.25) is 14.6 Å². The molecular formula is C22H18BrN5O3. The lowest BCUT2D eigenvalue weighted by Gasteiger charge is -2.22. The van der Waals surface area contributed by atoms with Crippen molar-refractivity contribution in [3.8, 4) is 5.69 Å². The first-order valence-electron chi connectivity index (χ1n) is 9.83. The van der Waals surface area contributed by atoms with Crippen LogP contribution in [0.2, 0.25) is 0 Å².